The van der Waals surface area contributed by atoms with Crippen LogP contribution in [0.2, 0.25) is 0 Å². The Morgan fingerprint density at radius 3 is 2.52 bits per heavy atom. The van der Waals surface area contributed by atoms with Gasteiger partial charge in [-0.1, -0.05) is 12.1 Å². The van der Waals surface area contributed by atoms with E-state index in [2.05, 4.69) is 10.3 Å². The Hall–Kier alpha value is -2.02. The molecule has 0 saturated heterocycles. The molecule has 1 unspecified atom stereocenters. The lowest BCUT2D eigenvalue weighted by Gasteiger charge is -2.15. The van der Waals surface area contributed by atoms with Gasteiger partial charge in [0.15, 0.2) is 6.61 Å². The van der Waals surface area contributed by atoms with Crippen LogP contribution in [0, 0.1) is 0 Å². The first-order valence-electron chi connectivity index (χ1n) is 7.33. The molecule has 0 amide bonds. The summed E-state index contributed by atoms with van der Waals surface area (Å²) in [7, 11) is 1.93. The van der Waals surface area contributed by atoms with Gasteiger partial charge in [0.2, 0.25) is 0 Å². The lowest BCUT2D eigenvalue weighted by Crippen LogP contribution is -2.21. The van der Waals surface area contributed by atoms with E-state index in [9.17, 15) is 13.2 Å². The van der Waals surface area contributed by atoms with E-state index < -0.39 is 12.8 Å². The van der Waals surface area contributed by atoms with Crippen molar-refractivity contribution in [3.8, 4) is 5.75 Å². The second-order valence-electron chi connectivity index (χ2n) is 5.43. The zero-order valence-corrected chi connectivity index (χ0v) is 13.1. The summed E-state index contributed by atoms with van der Waals surface area (Å²) in [5, 5.41) is 3.36. The summed E-state index contributed by atoms with van der Waals surface area (Å²) in [4.78, 5) is 4.25. The SMILES string of the molecule is CC(NCCc1cn(C)cn1)c1ccc(OCC(F)(F)F)cc1. The number of ether oxygens (including phenoxy) is 1. The van der Waals surface area contributed by atoms with Gasteiger partial charge in [0, 0.05) is 32.3 Å². The van der Waals surface area contributed by atoms with Crippen LogP contribution in [0.3, 0.4) is 0 Å². The van der Waals surface area contributed by atoms with E-state index in [1.807, 2.05) is 24.7 Å². The Balaban J connectivity index is 1.79. The predicted molar refractivity (Wildman–Crippen MR) is 81.3 cm³/mol. The van der Waals surface area contributed by atoms with Crippen molar-refractivity contribution in [3.05, 3.63) is 48.0 Å². The van der Waals surface area contributed by atoms with Gasteiger partial charge in [0.25, 0.3) is 0 Å². The molecule has 0 radical (unpaired) electrons. The summed E-state index contributed by atoms with van der Waals surface area (Å²) in [6.07, 6.45) is 0.231. The summed E-state index contributed by atoms with van der Waals surface area (Å²) in [6.45, 7) is 1.50. The highest BCUT2D eigenvalue weighted by Crippen LogP contribution is 2.21. The first-order chi connectivity index (χ1) is 10.8. The monoisotopic (exact) mass is 327 g/mol. The molecule has 0 bridgehead atoms. The van der Waals surface area contributed by atoms with Crippen LogP contribution in [0.4, 0.5) is 13.2 Å². The predicted octanol–water partition coefficient (Wildman–Crippen LogP) is 3.25. The Labute approximate surface area is 133 Å². The highest BCUT2D eigenvalue weighted by atomic mass is 19.4. The number of aromatic nitrogens is 2. The number of hydrogen-bond donors (Lipinski definition) is 1. The van der Waals surface area contributed by atoms with E-state index in [0.29, 0.717) is 0 Å². The number of imidazole rings is 1. The van der Waals surface area contributed by atoms with Crippen molar-refractivity contribution >= 4 is 0 Å². The third-order valence-electron chi connectivity index (χ3n) is 3.37. The van der Waals surface area contributed by atoms with E-state index >= 15 is 0 Å². The Morgan fingerprint density at radius 2 is 1.96 bits per heavy atom. The van der Waals surface area contributed by atoms with Crippen molar-refractivity contribution in [3.63, 3.8) is 0 Å². The second kappa shape index (κ2) is 7.50. The number of alkyl halides is 3. The van der Waals surface area contributed by atoms with Crippen LogP contribution in [-0.2, 0) is 13.5 Å². The average Bonchev–Trinajstić information content (AvgIpc) is 2.90. The van der Waals surface area contributed by atoms with E-state index in [-0.39, 0.29) is 11.8 Å². The molecule has 1 N–H and O–H groups in total. The summed E-state index contributed by atoms with van der Waals surface area (Å²) < 4.78 is 42.9. The third-order valence-corrected chi connectivity index (χ3v) is 3.37. The van der Waals surface area contributed by atoms with Crippen LogP contribution in [0.1, 0.15) is 24.2 Å². The van der Waals surface area contributed by atoms with Crippen LogP contribution in [0.5, 0.6) is 5.75 Å². The number of rotatable bonds is 7. The maximum absolute atomic E-state index is 12.1. The number of hydrogen-bond acceptors (Lipinski definition) is 3. The van der Waals surface area contributed by atoms with E-state index in [1.54, 1.807) is 30.6 Å². The van der Waals surface area contributed by atoms with Gasteiger partial charge in [-0.2, -0.15) is 13.2 Å². The van der Waals surface area contributed by atoms with E-state index in [1.165, 1.54) is 0 Å². The minimum absolute atomic E-state index is 0.0929. The molecule has 1 aromatic carbocycles. The highest BCUT2D eigenvalue weighted by molar-refractivity contribution is 5.29. The van der Waals surface area contributed by atoms with Crippen molar-refractivity contribution in [2.45, 2.75) is 25.6 Å². The molecule has 2 rings (SSSR count). The van der Waals surface area contributed by atoms with Gasteiger partial charge in [-0.3, -0.25) is 0 Å². The molecule has 1 atom stereocenters. The lowest BCUT2D eigenvalue weighted by atomic mass is 10.1. The molecule has 0 aliphatic rings. The van der Waals surface area contributed by atoms with Gasteiger partial charge in [-0.15, -0.1) is 0 Å². The van der Waals surface area contributed by atoms with Crippen LogP contribution in [0.15, 0.2) is 36.8 Å². The molecular weight excluding hydrogens is 307 g/mol. The molecule has 1 aromatic heterocycles. The fraction of sp³-hybridized carbons (Fsp3) is 0.438. The van der Waals surface area contributed by atoms with Crippen molar-refractivity contribution in [1.29, 1.82) is 0 Å². The topological polar surface area (TPSA) is 39.1 Å². The maximum atomic E-state index is 12.1. The quantitative estimate of drug-likeness (QED) is 0.848. The molecule has 2 aromatic rings. The normalized spacial score (nSPS) is 13.1. The molecule has 126 valence electrons. The standard InChI is InChI=1S/C16H20F3N3O/c1-12(20-8-7-14-9-22(2)11-21-14)13-3-5-15(6-4-13)23-10-16(17,18)19/h3-6,9,11-12,20H,7-8,10H2,1-2H3. The molecule has 0 aliphatic carbocycles. The number of halogens is 3. The first-order valence-corrected chi connectivity index (χ1v) is 7.33. The van der Waals surface area contributed by atoms with E-state index in [4.69, 9.17) is 4.74 Å². The Morgan fingerprint density at radius 1 is 1.26 bits per heavy atom. The van der Waals surface area contributed by atoms with Crippen molar-refractivity contribution < 1.29 is 17.9 Å². The van der Waals surface area contributed by atoms with Crippen LogP contribution in [-0.4, -0.2) is 28.9 Å². The highest BCUT2D eigenvalue weighted by Gasteiger charge is 2.28. The van der Waals surface area contributed by atoms with Gasteiger partial charge in [-0.05, 0) is 24.6 Å². The Kier molecular flexibility index (Phi) is 5.65. The van der Waals surface area contributed by atoms with Gasteiger partial charge >= 0.3 is 6.18 Å². The van der Waals surface area contributed by atoms with Gasteiger partial charge in [0.1, 0.15) is 5.75 Å². The zero-order chi connectivity index (χ0) is 16.9. The summed E-state index contributed by atoms with van der Waals surface area (Å²) in [6, 6.07) is 6.74. The zero-order valence-electron chi connectivity index (χ0n) is 13.1. The minimum Gasteiger partial charge on any atom is -0.484 e. The number of nitrogens with zero attached hydrogens (tertiary/aromatic N) is 2. The molecule has 4 nitrogen and oxygen atoms in total. The fourth-order valence-electron chi connectivity index (χ4n) is 2.15. The minimum atomic E-state index is -4.32. The van der Waals surface area contributed by atoms with Crippen LogP contribution < -0.4 is 10.1 Å². The summed E-state index contributed by atoms with van der Waals surface area (Å²) in [5.74, 6) is 0.215. The number of benzene rings is 1. The first kappa shape index (κ1) is 17.3. The second-order valence-corrected chi connectivity index (χ2v) is 5.43. The van der Waals surface area contributed by atoms with Crippen LogP contribution >= 0.6 is 0 Å². The molecular formula is C16H20F3N3O. The van der Waals surface area contributed by atoms with Crippen LogP contribution in [0.25, 0.3) is 0 Å². The van der Waals surface area contributed by atoms with Crippen molar-refractivity contribution in [2.24, 2.45) is 7.05 Å². The van der Waals surface area contributed by atoms with Crippen molar-refractivity contribution in [1.82, 2.24) is 14.9 Å². The Bertz CT molecular complexity index is 608. The lowest BCUT2D eigenvalue weighted by molar-refractivity contribution is -0.153. The molecule has 0 fully saturated rings. The molecule has 0 spiro atoms. The molecule has 7 heteroatoms. The molecule has 0 saturated carbocycles. The average molecular weight is 327 g/mol. The van der Waals surface area contributed by atoms with Gasteiger partial charge < -0.3 is 14.6 Å². The summed E-state index contributed by atoms with van der Waals surface area (Å²) in [5.41, 5.74) is 2.01. The largest absolute Gasteiger partial charge is 0.484 e. The molecule has 23 heavy (non-hydrogen) atoms. The maximum Gasteiger partial charge on any atom is 0.422 e. The molecule has 0 aliphatic heterocycles. The third kappa shape index (κ3) is 5.94. The fourth-order valence-corrected chi connectivity index (χ4v) is 2.15. The molecule has 1 heterocycles. The van der Waals surface area contributed by atoms with E-state index in [0.717, 1.165) is 24.2 Å². The number of aryl methyl sites for hydroxylation is 1. The van der Waals surface area contributed by atoms with Gasteiger partial charge in [-0.25, -0.2) is 4.98 Å². The number of nitrogens with one attached hydrogen (secondary N) is 1. The smallest absolute Gasteiger partial charge is 0.422 e. The summed E-state index contributed by atoms with van der Waals surface area (Å²) >= 11 is 0. The van der Waals surface area contributed by atoms with Crippen molar-refractivity contribution in [2.75, 3.05) is 13.2 Å². The van der Waals surface area contributed by atoms with Gasteiger partial charge in [0.05, 0.1) is 12.0 Å².